The Kier molecular flexibility index (Phi) is 2.31. The highest BCUT2D eigenvalue weighted by Gasteiger charge is 2.56. The van der Waals surface area contributed by atoms with Gasteiger partial charge < -0.3 is 0 Å². The van der Waals surface area contributed by atoms with Crippen molar-refractivity contribution < 1.29 is 0 Å². The Balaban J connectivity index is 1.83. The minimum atomic E-state index is -1.10. The zero-order chi connectivity index (χ0) is 13.0. The van der Waals surface area contributed by atoms with Crippen LogP contribution in [-0.4, -0.2) is 8.07 Å². The average molecular weight is 264 g/mol. The van der Waals surface area contributed by atoms with Crippen molar-refractivity contribution in [3.05, 3.63) is 58.3 Å². The van der Waals surface area contributed by atoms with Gasteiger partial charge in [-0.05, 0) is 35.1 Å². The van der Waals surface area contributed by atoms with E-state index in [1.807, 2.05) is 10.4 Å². The maximum absolute atomic E-state index is 2.41. The van der Waals surface area contributed by atoms with Crippen LogP contribution >= 0.6 is 0 Å². The summed E-state index contributed by atoms with van der Waals surface area (Å²) in [5, 5.41) is 3.72. The van der Waals surface area contributed by atoms with E-state index < -0.39 is 8.07 Å². The summed E-state index contributed by atoms with van der Waals surface area (Å²) in [4.78, 5) is 0. The molecule has 1 aromatic carbocycles. The second-order valence-corrected chi connectivity index (χ2v) is 10.7. The molecule has 0 aromatic heterocycles. The van der Waals surface area contributed by atoms with Crippen LogP contribution in [0.3, 0.4) is 0 Å². The number of fused-ring (bicyclic) bond motifs is 2. The van der Waals surface area contributed by atoms with Gasteiger partial charge in [-0.15, -0.1) is 0 Å². The molecule has 0 saturated heterocycles. The summed E-state index contributed by atoms with van der Waals surface area (Å²) in [7, 11) is -1.10. The number of allylic oxidation sites excluding steroid dienone is 5. The van der Waals surface area contributed by atoms with Crippen molar-refractivity contribution >= 4 is 18.8 Å². The monoisotopic (exact) mass is 264 g/mol. The first-order valence-corrected chi connectivity index (χ1v) is 9.95. The predicted octanol–water partition coefficient (Wildman–Crippen LogP) is 4.92. The Bertz CT molecular complexity index is 654. The van der Waals surface area contributed by atoms with Crippen LogP contribution in [0.15, 0.2) is 41.6 Å². The molecule has 0 amide bonds. The van der Waals surface area contributed by atoms with E-state index in [-0.39, 0.29) is 0 Å². The molecule has 19 heavy (non-hydrogen) atoms. The molecule has 0 atom stereocenters. The van der Waals surface area contributed by atoms with Gasteiger partial charge in [0.15, 0.2) is 0 Å². The van der Waals surface area contributed by atoms with E-state index in [2.05, 4.69) is 50.3 Å². The molecule has 1 heteroatoms. The van der Waals surface area contributed by atoms with E-state index in [0.717, 1.165) is 6.42 Å². The van der Waals surface area contributed by atoms with Crippen molar-refractivity contribution in [3.63, 3.8) is 0 Å². The van der Waals surface area contributed by atoms with Crippen molar-refractivity contribution in [1.82, 2.24) is 0 Å². The lowest BCUT2D eigenvalue weighted by molar-refractivity contribution is 1.21. The van der Waals surface area contributed by atoms with Crippen LogP contribution in [0.5, 0.6) is 0 Å². The Hall–Kier alpha value is -1.34. The highest BCUT2D eigenvalue weighted by atomic mass is 28.3. The quantitative estimate of drug-likeness (QED) is 0.680. The molecule has 0 saturated carbocycles. The molecule has 4 rings (SSSR count). The van der Waals surface area contributed by atoms with Crippen molar-refractivity contribution in [2.24, 2.45) is 0 Å². The highest BCUT2D eigenvalue weighted by Crippen LogP contribution is 2.61. The molecular weight excluding hydrogens is 244 g/mol. The largest absolute Gasteiger partial charge is 0.113 e. The molecule has 1 aliphatic heterocycles. The van der Waals surface area contributed by atoms with Gasteiger partial charge in [0.1, 0.15) is 8.07 Å². The lowest BCUT2D eigenvalue weighted by atomic mass is 9.96. The van der Waals surface area contributed by atoms with Gasteiger partial charge >= 0.3 is 0 Å². The molecule has 1 heterocycles. The van der Waals surface area contributed by atoms with Crippen molar-refractivity contribution in [1.29, 1.82) is 0 Å². The second-order valence-electron chi connectivity index (χ2n) is 5.98. The summed E-state index contributed by atoms with van der Waals surface area (Å²) in [6.07, 6.45) is 9.17. The summed E-state index contributed by atoms with van der Waals surface area (Å²) in [6.45, 7) is 4.82. The molecule has 3 aliphatic rings. The fraction of sp³-hybridized carbons (Fsp3) is 0.333. The van der Waals surface area contributed by atoms with E-state index in [4.69, 9.17) is 0 Å². The molecule has 0 nitrogen and oxygen atoms in total. The topological polar surface area (TPSA) is 0 Å². The fourth-order valence-electron chi connectivity index (χ4n) is 4.25. The first-order chi connectivity index (χ1) is 9.31. The van der Waals surface area contributed by atoms with Gasteiger partial charge in [-0.2, -0.15) is 0 Å². The summed E-state index contributed by atoms with van der Waals surface area (Å²) >= 11 is 0. The van der Waals surface area contributed by atoms with E-state index in [0.29, 0.717) is 0 Å². The minimum absolute atomic E-state index is 1.10. The van der Waals surface area contributed by atoms with Crippen LogP contribution < -0.4 is 0 Å². The molecule has 0 spiro atoms. The standard InChI is InChI=1S/C18H20Si/c1-3-19(4-2)16-12-14-10-7-11-15(17(14)18(16)19)13-8-5-6-9-13/h5-8,10-11H,3-4,9,12H2,1-2H3. The lowest BCUT2D eigenvalue weighted by Crippen LogP contribution is -2.23. The SMILES string of the molecule is CC[Si]1(CC)C2=C1c1c(cccc1C1=CC=CC1)C2. The Labute approximate surface area is 116 Å². The van der Waals surface area contributed by atoms with Crippen molar-refractivity contribution in [2.75, 3.05) is 0 Å². The molecular formula is C18H20Si. The third kappa shape index (κ3) is 1.34. The Morgan fingerprint density at radius 3 is 2.68 bits per heavy atom. The van der Waals surface area contributed by atoms with Gasteiger partial charge in [0, 0.05) is 0 Å². The van der Waals surface area contributed by atoms with Crippen LogP contribution in [0.25, 0.3) is 10.8 Å². The molecule has 1 aromatic rings. The van der Waals surface area contributed by atoms with Gasteiger partial charge in [0.05, 0.1) is 0 Å². The Morgan fingerprint density at radius 2 is 2.00 bits per heavy atom. The summed E-state index contributed by atoms with van der Waals surface area (Å²) in [5.41, 5.74) is 6.31. The normalized spacial score (nSPS) is 21.5. The number of rotatable bonds is 3. The van der Waals surface area contributed by atoms with E-state index in [9.17, 15) is 0 Å². The first kappa shape index (κ1) is 11.5. The van der Waals surface area contributed by atoms with E-state index in [1.165, 1.54) is 29.6 Å². The zero-order valence-electron chi connectivity index (χ0n) is 11.8. The first-order valence-electron chi connectivity index (χ1n) is 7.54. The predicted molar refractivity (Wildman–Crippen MR) is 85.5 cm³/mol. The molecule has 2 aliphatic carbocycles. The van der Waals surface area contributed by atoms with Crippen molar-refractivity contribution in [2.45, 2.75) is 38.8 Å². The molecule has 0 N–H and O–H groups in total. The van der Waals surface area contributed by atoms with Crippen LogP contribution in [0.1, 0.15) is 37.0 Å². The van der Waals surface area contributed by atoms with Gasteiger partial charge in [0.2, 0.25) is 0 Å². The molecule has 0 radical (unpaired) electrons. The molecule has 0 fully saturated rings. The molecule has 0 unspecified atom stereocenters. The van der Waals surface area contributed by atoms with E-state index in [1.54, 1.807) is 11.1 Å². The van der Waals surface area contributed by atoms with Gasteiger partial charge in [-0.3, -0.25) is 0 Å². The van der Waals surface area contributed by atoms with Crippen LogP contribution in [-0.2, 0) is 6.42 Å². The average Bonchev–Trinajstić information content (AvgIpc) is 2.85. The van der Waals surface area contributed by atoms with Crippen molar-refractivity contribution in [3.8, 4) is 0 Å². The summed E-state index contributed by atoms with van der Waals surface area (Å²) < 4.78 is 0. The fourth-order valence-corrected chi connectivity index (χ4v) is 9.20. The molecule has 96 valence electrons. The van der Waals surface area contributed by atoms with Crippen LogP contribution in [0.4, 0.5) is 0 Å². The van der Waals surface area contributed by atoms with Crippen LogP contribution in [0, 0.1) is 0 Å². The lowest BCUT2D eigenvalue weighted by Gasteiger charge is -2.21. The maximum atomic E-state index is 2.41. The third-order valence-electron chi connectivity index (χ3n) is 5.39. The van der Waals surface area contributed by atoms with Gasteiger partial charge in [-0.1, -0.05) is 72.8 Å². The second kappa shape index (κ2) is 3.83. The summed E-state index contributed by atoms with van der Waals surface area (Å²) in [5.74, 6) is 0. The van der Waals surface area contributed by atoms with Crippen LogP contribution in [0.2, 0.25) is 12.1 Å². The Morgan fingerprint density at radius 1 is 1.16 bits per heavy atom. The number of hydrogen-bond acceptors (Lipinski definition) is 0. The number of hydrogen-bond donors (Lipinski definition) is 0. The number of benzene rings is 1. The molecule has 0 bridgehead atoms. The maximum Gasteiger partial charge on any atom is 0.113 e. The zero-order valence-corrected chi connectivity index (χ0v) is 12.8. The minimum Gasteiger partial charge on any atom is -0.0801 e. The third-order valence-corrected chi connectivity index (χ3v) is 10.6. The van der Waals surface area contributed by atoms with Gasteiger partial charge in [0.25, 0.3) is 0 Å². The van der Waals surface area contributed by atoms with Gasteiger partial charge in [-0.25, -0.2) is 0 Å². The summed E-state index contributed by atoms with van der Waals surface area (Å²) in [6, 6.07) is 9.77. The smallest absolute Gasteiger partial charge is 0.0801 e. The van der Waals surface area contributed by atoms with E-state index >= 15 is 0 Å². The highest BCUT2D eigenvalue weighted by molar-refractivity contribution is 7.14.